The number of hydrogen-bond acceptors (Lipinski definition) is 4. The second-order valence-corrected chi connectivity index (χ2v) is 2.90. The molecule has 1 aromatic rings. The summed E-state index contributed by atoms with van der Waals surface area (Å²) in [6.45, 7) is 2.54. The SMILES string of the molecule is Cc1nc(SCCN)n[nH]1.Cl. The van der Waals surface area contributed by atoms with Gasteiger partial charge in [0.1, 0.15) is 5.82 Å². The van der Waals surface area contributed by atoms with E-state index in [1.165, 1.54) is 0 Å². The van der Waals surface area contributed by atoms with Crippen LogP contribution in [-0.4, -0.2) is 27.5 Å². The van der Waals surface area contributed by atoms with Crippen molar-refractivity contribution in [2.75, 3.05) is 12.3 Å². The monoisotopic (exact) mass is 194 g/mol. The van der Waals surface area contributed by atoms with Crippen LogP contribution in [0, 0.1) is 6.92 Å². The predicted molar refractivity (Wildman–Crippen MR) is 48.1 cm³/mol. The zero-order chi connectivity index (χ0) is 7.40. The van der Waals surface area contributed by atoms with Crippen molar-refractivity contribution < 1.29 is 0 Å². The van der Waals surface area contributed by atoms with Crippen LogP contribution in [0.15, 0.2) is 5.16 Å². The van der Waals surface area contributed by atoms with Gasteiger partial charge in [-0.05, 0) is 6.92 Å². The summed E-state index contributed by atoms with van der Waals surface area (Å²) in [4.78, 5) is 4.09. The number of nitrogens with zero attached hydrogens (tertiary/aromatic N) is 2. The summed E-state index contributed by atoms with van der Waals surface area (Å²) in [5.74, 6) is 1.72. The van der Waals surface area contributed by atoms with Gasteiger partial charge in [-0.2, -0.15) is 0 Å². The highest BCUT2D eigenvalue weighted by atomic mass is 35.5. The molecule has 0 amide bonds. The number of aryl methyl sites for hydroxylation is 1. The fourth-order valence-corrected chi connectivity index (χ4v) is 1.15. The lowest BCUT2D eigenvalue weighted by molar-refractivity contribution is 0.967. The Labute approximate surface area is 75.8 Å². The van der Waals surface area contributed by atoms with E-state index in [-0.39, 0.29) is 12.4 Å². The summed E-state index contributed by atoms with van der Waals surface area (Å²) < 4.78 is 0. The minimum atomic E-state index is 0. The molecule has 11 heavy (non-hydrogen) atoms. The highest BCUT2D eigenvalue weighted by Crippen LogP contribution is 2.09. The zero-order valence-electron chi connectivity index (χ0n) is 6.20. The molecule has 0 aliphatic carbocycles. The molecule has 0 aliphatic heterocycles. The van der Waals surface area contributed by atoms with Crippen LogP contribution < -0.4 is 5.73 Å². The van der Waals surface area contributed by atoms with E-state index in [9.17, 15) is 0 Å². The molecule has 4 nitrogen and oxygen atoms in total. The van der Waals surface area contributed by atoms with Crippen LogP contribution in [0.2, 0.25) is 0 Å². The third-order valence-corrected chi connectivity index (χ3v) is 1.81. The van der Waals surface area contributed by atoms with Crippen molar-refractivity contribution in [1.29, 1.82) is 0 Å². The van der Waals surface area contributed by atoms with Gasteiger partial charge in [0, 0.05) is 12.3 Å². The van der Waals surface area contributed by atoms with Crippen LogP contribution >= 0.6 is 24.2 Å². The molecule has 64 valence electrons. The summed E-state index contributed by atoms with van der Waals surface area (Å²) in [6.07, 6.45) is 0. The van der Waals surface area contributed by atoms with Gasteiger partial charge in [0.2, 0.25) is 5.16 Å². The average Bonchev–Trinajstić information content (AvgIpc) is 2.31. The van der Waals surface area contributed by atoms with Crippen LogP contribution in [0.1, 0.15) is 5.82 Å². The second kappa shape index (κ2) is 5.40. The van der Waals surface area contributed by atoms with Crippen LogP contribution in [0.3, 0.4) is 0 Å². The number of nitrogens with one attached hydrogen (secondary N) is 1. The number of nitrogens with two attached hydrogens (primary N) is 1. The first-order valence-corrected chi connectivity index (χ1v) is 4.03. The van der Waals surface area contributed by atoms with Crippen LogP contribution in [0.5, 0.6) is 0 Å². The van der Waals surface area contributed by atoms with E-state index in [0.29, 0.717) is 6.54 Å². The summed E-state index contributed by atoms with van der Waals surface area (Å²) in [5, 5.41) is 7.46. The Balaban J connectivity index is 0.000001000. The molecule has 3 N–H and O–H groups in total. The minimum Gasteiger partial charge on any atom is -0.330 e. The number of thioether (sulfide) groups is 1. The van der Waals surface area contributed by atoms with E-state index < -0.39 is 0 Å². The third kappa shape index (κ3) is 3.60. The Morgan fingerprint density at radius 1 is 1.64 bits per heavy atom. The lowest BCUT2D eigenvalue weighted by Crippen LogP contribution is -2.01. The molecule has 0 atom stereocenters. The van der Waals surface area contributed by atoms with Crippen molar-refractivity contribution in [2.24, 2.45) is 5.73 Å². The molecule has 0 saturated heterocycles. The molecule has 0 unspecified atom stereocenters. The van der Waals surface area contributed by atoms with Crippen molar-refractivity contribution in [3.63, 3.8) is 0 Å². The first kappa shape index (κ1) is 10.7. The molecule has 1 aromatic heterocycles. The number of H-pyrrole nitrogens is 1. The van der Waals surface area contributed by atoms with E-state index in [1.807, 2.05) is 6.92 Å². The van der Waals surface area contributed by atoms with E-state index in [0.717, 1.165) is 16.7 Å². The van der Waals surface area contributed by atoms with Gasteiger partial charge in [-0.25, -0.2) is 4.98 Å². The molecule has 0 fully saturated rings. The van der Waals surface area contributed by atoms with Crippen molar-refractivity contribution >= 4 is 24.2 Å². The number of aromatic amines is 1. The number of rotatable bonds is 3. The van der Waals surface area contributed by atoms with Gasteiger partial charge in [-0.3, -0.25) is 5.10 Å². The molecular weight excluding hydrogens is 184 g/mol. The molecule has 0 bridgehead atoms. The van der Waals surface area contributed by atoms with E-state index in [4.69, 9.17) is 5.73 Å². The third-order valence-electron chi connectivity index (χ3n) is 0.926. The maximum atomic E-state index is 5.30. The summed E-state index contributed by atoms with van der Waals surface area (Å²) in [7, 11) is 0. The molecule has 0 saturated carbocycles. The van der Waals surface area contributed by atoms with Crippen LogP contribution in [-0.2, 0) is 0 Å². The van der Waals surface area contributed by atoms with Crippen molar-refractivity contribution in [3.05, 3.63) is 5.82 Å². The summed E-state index contributed by atoms with van der Waals surface area (Å²) >= 11 is 1.56. The number of aromatic nitrogens is 3. The number of halogens is 1. The Bertz CT molecular complexity index is 202. The first-order valence-electron chi connectivity index (χ1n) is 3.05. The minimum absolute atomic E-state index is 0. The fourth-order valence-electron chi connectivity index (χ4n) is 0.537. The second-order valence-electron chi connectivity index (χ2n) is 1.84. The highest BCUT2D eigenvalue weighted by Gasteiger charge is 1.97. The Morgan fingerprint density at radius 3 is 2.82 bits per heavy atom. The van der Waals surface area contributed by atoms with Gasteiger partial charge >= 0.3 is 0 Å². The van der Waals surface area contributed by atoms with Crippen molar-refractivity contribution in [2.45, 2.75) is 12.1 Å². The Morgan fingerprint density at radius 2 is 2.36 bits per heavy atom. The van der Waals surface area contributed by atoms with E-state index in [2.05, 4.69) is 15.2 Å². The lowest BCUT2D eigenvalue weighted by atomic mass is 10.8. The molecule has 0 spiro atoms. The topological polar surface area (TPSA) is 67.6 Å². The quantitative estimate of drug-likeness (QED) is 0.692. The maximum absolute atomic E-state index is 5.30. The van der Waals surface area contributed by atoms with Gasteiger partial charge in [0.25, 0.3) is 0 Å². The number of hydrogen-bond donors (Lipinski definition) is 2. The lowest BCUT2D eigenvalue weighted by Gasteiger charge is -1.88. The van der Waals surface area contributed by atoms with Gasteiger partial charge in [0.05, 0.1) is 0 Å². The van der Waals surface area contributed by atoms with Gasteiger partial charge in [0.15, 0.2) is 0 Å². The molecule has 0 radical (unpaired) electrons. The van der Waals surface area contributed by atoms with Gasteiger partial charge in [-0.1, -0.05) is 11.8 Å². The van der Waals surface area contributed by atoms with Crippen LogP contribution in [0.25, 0.3) is 0 Å². The largest absolute Gasteiger partial charge is 0.330 e. The molecular formula is C5H11ClN4S. The molecule has 0 aromatic carbocycles. The van der Waals surface area contributed by atoms with E-state index >= 15 is 0 Å². The standard InChI is InChI=1S/C5H10N4S.ClH/c1-4-7-5(9-8-4)10-3-2-6;/h2-3,6H2,1H3,(H,7,8,9);1H. The Hall–Kier alpha value is -0.260. The van der Waals surface area contributed by atoms with Gasteiger partial charge in [-0.15, -0.1) is 17.5 Å². The Kier molecular flexibility index (Phi) is 5.27. The average molecular weight is 195 g/mol. The summed E-state index contributed by atoms with van der Waals surface area (Å²) in [5.41, 5.74) is 5.30. The smallest absolute Gasteiger partial charge is 0.208 e. The maximum Gasteiger partial charge on any atom is 0.208 e. The predicted octanol–water partition coefficient (Wildman–Crippen LogP) is 0.586. The van der Waals surface area contributed by atoms with E-state index in [1.54, 1.807) is 11.8 Å². The zero-order valence-corrected chi connectivity index (χ0v) is 7.84. The molecule has 6 heteroatoms. The highest BCUT2D eigenvalue weighted by molar-refractivity contribution is 7.99. The first-order chi connectivity index (χ1) is 4.83. The molecule has 0 aliphatic rings. The van der Waals surface area contributed by atoms with Crippen molar-refractivity contribution in [1.82, 2.24) is 15.2 Å². The normalized spacial score (nSPS) is 9.27. The summed E-state index contributed by atoms with van der Waals surface area (Å²) in [6, 6.07) is 0. The van der Waals surface area contributed by atoms with Crippen molar-refractivity contribution in [3.8, 4) is 0 Å². The van der Waals surface area contributed by atoms with Gasteiger partial charge < -0.3 is 5.73 Å². The fraction of sp³-hybridized carbons (Fsp3) is 0.600. The molecule has 1 heterocycles. The molecule has 1 rings (SSSR count). The van der Waals surface area contributed by atoms with Crippen LogP contribution in [0.4, 0.5) is 0 Å².